The molecule has 1 heteroatoms. The van der Waals surface area contributed by atoms with Crippen molar-refractivity contribution in [3.8, 4) is 16.9 Å². The van der Waals surface area contributed by atoms with Gasteiger partial charge in [-0.25, -0.2) is 0 Å². The van der Waals surface area contributed by atoms with Crippen LogP contribution in [-0.2, 0) is 0 Å². The first-order valence-corrected chi connectivity index (χ1v) is 10.5. The smallest absolute Gasteiger partial charge is 0.127 e. The van der Waals surface area contributed by atoms with E-state index in [4.69, 9.17) is 4.74 Å². The van der Waals surface area contributed by atoms with Gasteiger partial charge in [-0.2, -0.15) is 0 Å². The Labute approximate surface area is 168 Å². The Balaban J connectivity index is 1.73. The van der Waals surface area contributed by atoms with Crippen molar-refractivity contribution in [1.82, 2.24) is 0 Å². The van der Waals surface area contributed by atoms with Gasteiger partial charge >= 0.3 is 0 Å². The Bertz CT molecular complexity index is 1050. The van der Waals surface area contributed by atoms with Crippen LogP contribution in [0.25, 0.3) is 32.7 Å². The van der Waals surface area contributed by atoms with Crippen molar-refractivity contribution >= 4 is 21.5 Å². The van der Waals surface area contributed by atoms with E-state index in [-0.39, 0.29) is 0 Å². The Morgan fingerprint density at radius 1 is 0.643 bits per heavy atom. The molecule has 0 N–H and O–H groups in total. The van der Waals surface area contributed by atoms with Crippen molar-refractivity contribution in [2.24, 2.45) is 0 Å². The van der Waals surface area contributed by atoms with Crippen molar-refractivity contribution in [2.45, 2.75) is 39.0 Å². The molecule has 0 bridgehead atoms. The first-order chi connectivity index (χ1) is 13.9. The molecule has 0 heterocycles. The number of ether oxygens (including phenoxy) is 1. The summed E-state index contributed by atoms with van der Waals surface area (Å²) >= 11 is 0. The molecule has 0 unspecified atom stereocenters. The molecule has 0 aliphatic heterocycles. The summed E-state index contributed by atoms with van der Waals surface area (Å²) in [4.78, 5) is 0. The molecule has 1 nitrogen and oxygen atoms in total. The minimum atomic E-state index is 0.780. The number of rotatable bonds is 8. The summed E-state index contributed by atoms with van der Waals surface area (Å²) < 4.78 is 6.29. The van der Waals surface area contributed by atoms with Gasteiger partial charge in [0.05, 0.1) is 6.61 Å². The highest BCUT2D eigenvalue weighted by Crippen LogP contribution is 2.38. The summed E-state index contributed by atoms with van der Waals surface area (Å²) in [5, 5.41) is 5.06. The van der Waals surface area contributed by atoms with Gasteiger partial charge in [0.15, 0.2) is 0 Å². The van der Waals surface area contributed by atoms with Crippen LogP contribution >= 0.6 is 0 Å². The highest BCUT2D eigenvalue weighted by atomic mass is 16.5. The van der Waals surface area contributed by atoms with Gasteiger partial charge < -0.3 is 4.74 Å². The Kier molecular flexibility index (Phi) is 5.92. The largest absolute Gasteiger partial charge is 0.493 e. The molecule has 0 aliphatic rings. The number of benzene rings is 4. The van der Waals surface area contributed by atoms with Gasteiger partial charge in [0, 0.05) is 5.56 Å². The van der Waals surface area contributed by atoms with Crippen molar-refractivity contribution in [3.05, 3.63) is 78.9 Å². The zero-order chi connectivity index (χ0) is 19.2. The first-order valence-electron chi connectivity index (χ1n) is 10.5. The predicted molar refractivity (Wildman–Crippen MR) is 121 cm³/mol. The Morgan fingerprint density at radius 2 is 1.36 bits per heavy atom. The molecule has 0 aromatic heterocycles. The van der Waals surface area contributed by atoms with E-state index in [1.165, 1.54) is 58.4 Å². The maximum atomic E-state index is 6.29. The van der Waals surface area contributed by atoms with E-state index in [0.717, 1.165) is 18.8 Å². The third kappa shape index (κ3) is 4.04. The van der Waals surface area contributed by atoms with Crippen molar-refractivity contribution in [1.29, 1.82) is 0 Å². The summed E-state index contributed by atoms with van der Waals surface area (Å²) in [5.41, 5.74) is 2.42. The zero-order valence-corrected chi connectivity index (χ0v) is 16.7. The van der Waals surface area contributed by atoms with Crippen LogP contribution in [-0.4, -0.2) is 6.61 Å². The number of fused-ring (bicyclic) bond motifs is 2. The second-order valence-electron chi connectivity index (χ2n) is 7.49. The van der Waals surface area contributed by atoms with Crippen LogP contribution in [0.2, 0.25) is 0 Å². The van der Waals surface area contributed by atoms with Crippen LogP contribution in [0.1, 0.15) is 39.0 Å². The maximum Gasteiger partial charge on any atom is 0.127 e. The van der Waals surface area contributed by atoms with E-state index in [1.807, 2.05) is 0 Å². The van der Waals surface area contributed by atoms with Crippen molar-refractivity contribution in [2.75, 3.05) is 6.61 Å². The lowest BCUT2D eigenvalue weighted by molar-refractivity contribution is 0.306. The molecule has 142 valence electrons. The number of hydrogen-bond acceptors (Lipinski definition) is 1. The second kappa shape index (κ2) is 8.93. The molecule has 0 fully saturated rings. The van der Waals surface area contributed by atoms with Gasteiger partial charge in [0.2, 0.25) is 0 Å². The van der Waals surface area contributed by atoms with E-state index in [2.05, 4.69) is 85.8 Å². The lowest BCUT2D eigenvalue weighted by Gasteiger charge is -2.15. The standard InChI is InChI=1S/C27H28O/c1-2-3-4-5-11-18-28-26-17-16-24-19-22-14-9-10-15-23(22)20-25(24)27(26)21-12-7-6-8-13-21/h6-10,12-17,19-20H,2-5,11,18H2,1H3. The van der Waals surface area contributed by atoms with Gasteiger partial charge in [-0.1, -0.05) is 93.3 Å². The molecule has 4 rings (SSSR count). The molecule has 28 heavy (non-hydrogen) atoms. The van der Waals surface area contributed by atoms with Crippen LogP contribution in [0.3, 0.4) is 0 Å². The monoisotopic (exact) mass is 368 g/mol. The lowest BCUT2D eigenvalue weighted by atomic mass is 9.94. The van der Waals surface area contributed by atoms with Gasteiger partial charge in [-0.05, 0) is 51.7 Å². The van der Waals surface area contributed by atoms with Gasteiger partial charge in [0.1, 0.15) is 5.75 Å². The molecule has 0 atom stereocenters. The van der Waals surface area contributed by atoms with E-state index in [1.54, 1.807) is 0 Å². The molecular weight excluding hydrogens is 340 g/mol. The van der Waals surface area contributed by atoms with Crippen LogP contribution in [0.5, 0.6) is 5.75 Å². The highest BCUT2D eigenvalue weighted by Gasteiger charge is 2.12. The Hall–Kier alpha value is -2.80. The van der Waals surface area contributed by atoms with E-state index in [0.29, 0.717) is 0 Å². The third-order valence-electron chi connectivity index (χ3n) is 5.42. The van der Waals surface area contributed by atoms with Crippen LogP contribution in [0.15, 0.2) is 78.9 Å². The van der Waals surface area contributed by atoms with Crippen LogP contribution in [0, 0.1) is 0 Å². The van der Waals surface area contributed by atoms with Crippen LogP contribution in [0.4, 0.5) is 0 Å². The number of hydrogen-bond donors (Lipinski definition) is 0. The molecule has 0 saturated carbocycles. The molecule has 0 saturated heterocycles. The van der Waals surface area contributed by atoms with Gasteiger partial charge in [-0.15, -0.1) is 0 Å². The molecule has 0 spiro atoms. The van der Waals surface area contributed by atoms with E-state index in [9.17, 15) is 0 Å². The molecule has 0 aliphatic carbocycles. The fourth-order valence-electron chi connectivity index (χ4n) is 3.90. The van der Waals surface area contributed by atoms with E-state index >= 15 is 0 Å². The fraction of sp³-hybridized carbons (Fsp3) is 0.259. The molecule has 0 radical (unpaired) electrons. The van der Waals surface area contributed by atoms with Gasteiger partial charge in [-0.3, -0.25) is 0 Å². The summed E-state index contributed by atoms with van der Waals surface area (Å²) in [6.45, 7) is 3.03. The molecular formula is C27H28O. The first kappa shape index (κ1) is 18.6. The van der Waals surface area contributed by atoms with Crippen molar-refractivity contribution in [3.63, 3.8) is 0 Å². The quantitative estimate of drug-likeness (QED) is 0.226. The maximum absolute atomic E-state index is 6.29. The highest BCUT2D eigenvalue weighted by molar-refractivity contribution is 6.06. The summed E-state index contributed by atoms with van der Waals surface area (Å²) in [5.74, 6) is 0.990. The predicted octanol–water partition coefficient (Wildman–Crippen LogP) is 8.01. The average Bonchev–Trinajstić information content (AvgIpc) is 2.75. The fourth-order valence-corrected chi connectivity index (χ4v) is 3.90. The zero-order valence-electron chi connectivity index (χ0n) is 16.7. The average molecular weight is 369 g/mol. The number of unbranched alkanes of at least 4 members (excludes halogenated alkanes) is 4. The molecule has 0 amide bonds. The lowest BCUT2D eigenvalue weighted by Crippen LogP contribution is -1.99. The minimum Gasteiger partial charge on any atom is -0.493 e. The summed E-state index contributed by atoms with van der Waals surface area (Å²) in [6, 6.07) is 28.1. The van der Waals surface area contributed by atoms with Crippen molar-refractivity contribution < 1.29 is 4.74 Å². The van der Waals surface area contributed by atoms with Gasteiger partial charge in [0.25, 0.3) is 0 Å². The minimum absolute atomic E-state index is 0.780. The van der Waals surface area contributed by atoms with Crippen LogP contribution < -0.4 is 4.74 Å². The second-order valence-corrected chi connectivity index (χ2v) is 7.49. The molecule has 4 aromatic rings. The van der Waals surface area contributed by atoms with E-state index < -0.39 is 0 Å². The normalized spacial score (nSPS) is 11.2. The third-order valence-corrected chi connectivity index (χ3v) is 5.42. The molecule has 4 aromatic carbocycles. The summed E-state index contributed by atoms with van der Waals surface area (Å²) in [7, 11) is 0. The SMILES string of the molecule is CCCCCCCOc1ccc2cc3ccccc3cc2c1-c1ccccc1. The summed E-state index contributed by atoms with van der Waals surface area (Å²) in [6.07, 6.45) is 6.25. The topological polar surface area (TPSA) is 9.23 Å². The Morgan fingerprint density at radius 3 is 2.14 bits per heavy atom.